The van der Waals surface area contributed by atoms with Gasteiger partial charge < -0.3 is 10.6 Å². The largest absolute Gasteiger partial charge is 0.369 e. The first-order chi connectivity index (χ1) is 9.66. The van der Waals surface area contributed by atoms with Gasteiger partial charge in [-0.05, 0) is 51.4 Å². The number of nitrogens with zero attached hydrogens (tertiary/aromatic N) is 4. The van der Waals surface area contributed by atoms with Gasteiger partial charge in [-0.2, -0.15) is 0 Å². The van der Waals surface area contributed by atoms with Gasteiger partial charge in [0.25, 0.3) is 0 Å². The molecule has 0 aromatic carbocycles. The Morgan fingerprint density at radius 2 is 2.05 bits per heavy atom. The van der Waals surface area contributed by atoms with Crippen molar-refractivity contribution in [2.45, 2.75) is 39.2 Å². The number of hydrogen-bond acceptors (Lipinski definition) is 4. The molecule has 1 atom stereocenters. The number of anilines is 1. The second kappa shape index (κ2) is 5.40. The Morgan fingerprint density at radius 1 is 1.30 bits per heavy atom. The number of imidazole rings is 1. The van der Waals surface area contributed by atoms with E-state index in [1.807, 2.05) is 12.3 Å². The number of pyridine rings is 1. The third kappa shape index (κ3) is 2.38. The van der Waals surface area contributed by atoms with E-state index in [1.54, 1.807) is 0 Å². The molecule has 3 heterocycles. The lowest BCUT2D eigenvalue weighted by Crippen LogP contribution is -2.34. The van der Waals surface area contributed by atoms with E-state index >= 15 is 0 Å². The Balaban J connectivity index is 1.88. The first kappa shape index (κ1) is 13.4. The Labute approximate surface area is 119 Å². The topological polar surface area (TPSA) is 60.0 Å². The van der Waals surface area contributed by atoms with Crippen molar-refractivity contribution in [3.63, 3.8) is 0 Å². The van der Waals surface area contributed by atoms with Gasteiger partial charge in [-0.3, -0.25) is 4.57 Å². The minimum Gasteiger partial charge on any atom is -0.369 e. The zero-order valence-electron chi connectivity index (χ0n) is 12.3. The molecule has 2 aromatic rings. The molecule has 1 saturated heterocycles. The molecule has 1 unspecified atom stereocenters. The Hall–Kier alpha value is -1.62. The van der Waals surface area contributed by atoms with Gasteiger partial charge in [0.15, 0.2) is 5.65 Å². The van der Waals surface area contributed by atoms with Gasteiger partial charge in [0.05, 0.1) is 0 Å². The molecule has 0 radical (unpaired) electrons. The minimum absolute atomic E-state index is 0.299. The van der Waals surface area contributed by atoms with Crippen molar-refractivity contribution in [1.29, 1.82) is 0 Å². The third-order valence-corrected chi connectivity index (χ3v) is 4.22. The van der Waals surface area contributed by atoms with Crippen molar-refractivity contribution in [3.8, 4) is 0 Å². The molecular formula is C15H23N5. The maximum Gasteiger partial charge on any atom is 0.202 e. The van der Waals surface area contributed by atoms with Crippen LogP contribution in [-0.2, 0) is 0 Å². The highest BCUT2D eigenvalue weighted by Crippen LogP contribution is 2.24. The summed E-state index contributed by atoms with van der Waals surface area (Å²) in [6.45, 7) is 7.67. The molecule has 0 spiro atoms. The van der Waals surface area contributed by atoms with Crippen LogP contribution in [0.2, 0.25) is 0 Å². The van der Waals surface area contributed by atoms with Crippen LogP contribution in [0, 0.1) is 6.92 Å². The number of fused-ring (bicyclic) bond motifs is 1. The molecular weight excluding hydrogens is 250 g/mol. The molecule has 5 nitrogen and oxygen atoms in total. The van der Waals surface area contributed by atoms with Gasteiger partial charge in [0.1, 0.15) is 5.52 Å². The summed E-state index contributed by atoms with van der Waals surface area (Å²) in [7, 11) is 0. The Kier molecular flexibility index (Phi) is 3.61. The molecule has 20 heavy (non-hydrogen) atoms. The second-order valence-corrected chi connectivity index (χ2v) is 5.85. The first-order valence-electron chi connectivity index (χ1n) is 7.48. The maximum atomic E-state index is 6.12. The van der Waals surface area contributed by atoms with Crippen LogP contribution in [0.15, 0.2) is 12.3 Å². The fraction of sp³-hybridized carbons (Fsp3) is 0.600. The molecule has 0 bridgehead atoms. The molecule has 0 aliphatic carbocycles. The number of aryl methyl sites for hydroxylation is 1. The van der Waals surface area contributed by atoms with Crippen molar-refractivity contribution in [1.82, 2.24) is 19.4 Å². The summed E-state index contributed by atoms with van der Waals surface area (Å²) in [4.78, 5) is 11.5. The zero-order chi connectivity index (χ0) is 14.1. The summed E-state index contributed by atoms with van der Waals surface area (Å²) in [5, 5.41) is 0. The Morgan fingerprint density at radius 3 is 2.80 bits per heavy atom. The molecule has 2 aromatic heterocycles. The minimum atomic E-state index is 0.299. The molecule has 1 aliphatic heterocycles. The van der Waals surface area contributed by atoms with E-state index in [0.29, 0.717) is 12.0 Å². The van der Waals surface area contributed by atoms with Gasteiger partial charge in [0, 0.05) is 18.8 Å². The van der Waals surface area contributed by atoms with Crippen molar-refractivity contribution in [2.75, 3.05) is 25.4 Å². The first-order valence-corrected chi connectivity index (χ1v) is 7.48. The average molecular weight is 273 g/mol. The van der Waals surface area contributed by atoms with Crippen LogP contribution >= 0.6 is 0 Å². The highest BCUT2D eigenvalue weighted by molar-refractivity contribution is 5.77. The number of nitrogen functional groups attached to an aromatic ring is 1. The number of likely N-dealkylation sites (tertiary alicyclic amines) is 1. The fourth-order valence-corrected chi connectivity index (χ4v) is 3.16. The van der Waals surface area contributed by atoms with E-state index in [2.05, 4.69) is 33.3 Å². The van der Waals surface area contributed by atoms with Crippen molar-refractivity contribution >= 4 is 17.1 Å². The number of hydrogen-bond donors (Lipinski definition) is 1. The lowest BCUT2D eigenvalue weighted by Gasteiger charge is -2.29. The molecule has 108 valence electrons. The van der Waals surface area contributed by atoms with Gasteiger partial charge >= 0.3 is 0 Å². The van der Waals surface area contributed by atoms with Crippen LogP contribution in [0.25, 0.3) is 11.2 Å². The normalized spacial score (nSPS) is 18.5. The van der Waals surface area contributed by atoms with Crippen LogP contribution < -0.4 is 5.73 Å². The van der Waals surface area contributed by atoms with Crippen LogP contribution in [0.1, 0.15) is 37.8 Å². The molecule has 0 amide bonds. The van der Waals surface area contributed by atoms with Crippen molar-refractivity contribution in [2.24, 2.45) is 0 Å². The summed E-state index contributed by atoms with van der Waals surface area (Å²) < 4.78 is 2.08. The molecule has 0 saturated carbocycles. The van der Waals surface area contributed by atoms with Crippen LogP contribution in [0.5, 0.6) is 0 Å². The smallest absolute Gasteiger partial charge is 0.202 e. The number of rotatable bonds is 3. The SMILES string of the molecule is Cc1ccnc2c1nc(N)n2C(C)CN1CCCCC1. The summed E-state index contributed by atoms with van der Waals surface area (Å²) in [5.41, 5.74) is 9.09. The predicted octanol–water partition coefficient (Wildman–Crippen LogP) is 2.37. The monoisotopic (exact) mass is 273 g/mol. The Bertz CT molecular complexity index is 598. The van der Waals surface area contributed by atoms with Crippen LogP contribution in [-0.4, -0.2) is 39.1 Å². The second-order valence-electron chi connectivity index (χ2n) is 5.85. The maximum absolute atomic E-state index is 6.12. The standard InChI is InChI=1S/C15H23N5/c1-11-6-7-17-14-13(11)18-15(16)20(14)12(2)10-19-8-4-3-5-9-19/h6-7,12H,3-5,8-10H2,1-2H3,(H2,16,18). The van der Waals surface area contributed by atoms with Gasteiger partial charge in [-0.15, -0.1) is 0 Å². The van der Waals surface area contributed by atoms with E-state index in [1.165, 1.54) is 32.4 Å². The van der Waals surface area contributed by atoms with E-state index in [4.69, 9.17) is 5.73 Å². The molecule has 2 N–H and O–H groups in total. The molecule has 1 aliphatic rings. The summed E-state index contributed by atoms with van der Waals surface area (Å²) in [6.07, 6.45) is 5.82. The average Bonchev–Trinajstić information content (AvgIpc) is 2.78. The number of nitrogens with two attached hydrogens (primary N) is 1. The number of aromatic nitrogens is 3. The zero-order valence-corrected chi connectivity index (χ0v) is 12.3. The van der Waals surface area contributed by atoms with E-state index < -0.39 is 0 Å². The summed E-state index contributed by atoms with van der Waals surface area (Å²) in [5.74, 6) is 0.575. The van der Waals surface area contributed by atoms with Crippen LogP contribution in [0.4, 0.5) is 5.95 Å². The van der Waals surface area contributed by atoms with Crippen LogP contribution in [0.3, 0.4) is 0 Å². The summed E-state index contributed by atoms with van der Waals surface area (Å²) >= 11 is 0. The summed E-state index contributed by atoms with van der Waals surface area (Å²) in [6, 6.07) is 2.28. The van der Waals surface area contributed by atoms with E-state index in [9.17, 15) is 0 Å². The third-order valence-electron chi connectivity index (χ3n) is 4.22. The highest BCUT2D eigenvalue weighted by atomic mass is 15.2. The van der Waals surface area contributed by atoms with Gasteiger partial charge in [-0.25, -0.2) is 9.97 Å². The fourth-order valence-electron chi connectivity index (χ4n) is 3.16. The quantitative estimate of drug-likeness (QED) is 0.932. The van der Waals surface area contributed by atoms with Gasteiger partial charge in [0.2, 0.25) is 5.95 Å². The van der Waals surface area contributed by atoms with E-state index in [0.717, 1.165) is 23.3 Å². The highest BCUT2D eigenvalue weighted by Gasteiger charge is 2.19. The molecule has 5 heteroatoms. The predicted molar refractivity (Wildman–Crippen MR) is 81.7 cm³/mol. The van der Waals surface area contributed by atoms with Crippen molar-refractivity contribution in [3.05, 3.63) is 17.8 Å². The van der Waals surface area contributed by atoms with Gasteiger partial charge in [-0.1, -0.05) is 6.42 Å². The lowest BCUT2D eigenvalue weighted by molar-refractivity contribution is 0.203. The van der Waals surface area contributed by atoms with Crippen molar-refractivity contribution < 1.29 is 0 Å². The number of piperidine rings is 1. The molecule has 3 rings (SSSR count). The van der Waals surface area contributed by atoms with E-state index in [-0.39, 0.29) is 0 Å². The molecule has 1 fully saturated rings. The lowest BCUT2D eigenvalue weighted by atomic mass is 10.1.